The molecule has 0 saturated heterocycles. The Labute approximate surface area is 112 Å². The summed E-state index contributed by atoms with van der Waals surface area (Å²) >= 11 is 0. The SMILES string of the molecule is CCCCCCCCC(OC)C(OC)(OC)OC. The second-order valence-corrected chi connectivity index (χ2v) is 4.50. The summed E-state index contributed by atoms with van der Waals surface area (Å²) in [5, 5.41) is 0. The van der Waals surface area contributed by atoms with Gasteiger partial charge in [0, 0.05) is 28.4 Å². The van der Waals surface area contributed by atoms with E-state index in [1.165, 1.54) is 32.1 Å². The maximum absolute atomic E-state index is 5.44. The molecule has 0 aromatic rings. The summed E-state index contributed by atoms with van der Waals surface area (Å²) in [5.41, 5.74) is 0. The molecule has 0 radical (unpaired) electrons. The molecule has 0 heterocycles. The Morgan fingerprint density at radius 2 is 1.28 bits per heavy atom. The molecule has 0 rings (SSSR count). The molecule has 0 aromatic heterocycles. The van der Waals surface area contributed by atoms with Crippen LogP contribution < -0.4 is 0 Å². The molecule has 0 spiro atoms. The largest absolute Gasteiger partial charge is 0.373 e. The maximum atomic E-state index is 5.44. The van der Waals surface area contributed by atoms with Crippen LogP contribution in [-0.2, 0) is 18.9 Å². The molecule has 4 heteroatoms. The van der Waals surface area contributed by atoms with Gasteiger partial charge in [-0.2, -0.15) is 0 Å². The summed E-state index contributed by atoms with van der Waals surface area (Å²) in [5.74, 6) is -1.09. The van der Waals surface area contributed by atoms with Crippen molar-refractivity contribution < 1.29 is 18.9 Å². The van der Waals surface area contributed by atoms with Gasteiger partial charge in [-0.3, -0.25) is 0 Å². The summed E-state index contributed by atoms with van der Waals surface area (Å²) in [7, 11) is 6.37. The van der Waals surface area contributed by atoms with Crippen molar-refractivity contribution in [3.63, 3.8) is 0 Å². The van der Waals surface area contributed by atoms with Gasteiger partial charge in [0.15, 0.2) is 0 Å². The van der Waals surface area contributed by atoms with Gasteiger partial charge in [-0.25, -0.2) is 0 Å². The van der Waals surface area contributed by atoms with Crippen LogP contribution in [0.1, 0.15) is 51.9 Å². The molecule has 1 unspecified atom stereocenters. The number of ether oxygens (including phenoxy) is 4. The topological polar surface area (TPSA) is 36.9 Å². The molecule has 110 valence electrons. The molecule has 0 aromatic carbocycles. The normalized spacial score (nSPS) is 13.8. The van der Waals surface area contributed by atoms with Gasteiger partial charge in [-0.05, 0) is 6.42 Å². The van der Waals surface area contributed by atoms with Gasteiger partial charge in [0.2, 0.25) is 0 Å². The molecule has 0 fully saturated rings. The van der Waals surface area contributed by atoms with Crippen molar-refractivity contribution in [2.45, 2.75) is 63.9 Å². The molecule has 18 heavy (non-hydrogen) atoms. The highest BCUT2D eigenvalue weighted by molar-refractivity contribution is 4.71. The summed E-state index contributed by atoms with van der Waals surface area (Å²) in [6.07, 6.45) is 8.18. The number of rotatable bonds is 12. The third-order valence-electron chi connectivity index (χ3n) is 3.35. The van der Waals surface area contributed by atoms with E-state index in [1.54, 1.807) is 28.4 Å². The van der Waals surface area contributed by atoms with Gasteiger partial charge in [-0.1, -0.05) is 45.4 Å². The second kappa shape index (κ2) is 10.7. The lowest BCUT2D eigenvalue weighted by atomic mass is 10.1. The first kappa shape index (κ1) is 17.8. The lowest BCUT2D eigenvalue weighted by Crippen LogP contribution is -2.48. The van der Waals surface area contributed by atoms with E-state index in [-0.39, 0.29) is 6.10 Å². The molecule has 0 N–H and O–H groups in total. The predicted molar refractivity (Wildman–Crippen MR) is 72.5 cm³/mol. The van der Waals surface area contributed by atoms with Crippen molar-refractivity contribution in [3.05, 3.63) is 0 Å². The highest BCUT2D eigenvalue weighted by Gasteiger charge is 2.40. The van der Waals surface area contributed by atoms with E-state index >= 15 is 0 Å². The summed E-state index contributed by atoms with van der Waals surface area (Å²) < 4.78 is 21.4. The van der Waals surface area contributed by atoms with Gasteiger partial charge in [0.25, 0.3) is 0 Å². The number of hydrogen-bond acceptors (Lipinski definition) is 4. The standard InChI is InChI=1S/C14H30O4/c1-6-7-8-9-10-11-12-13(15-2)14(16-3,17-4)18-5/h13H,6-12H2,1-5H3. The van der Waals surface area contributed by atoms with Gasteiger partial charge in [0.1, 0.15) is 6.10 Å². The summed E-state index contributed by atoms with van der Waals surface area (Å²) in [6.45, 7) is 2.23. The Hall–Kier alpha value is -0.160. The minimum atomic E-state index is -1.09. The lowest BCUT2D eigenvalue weighted by molar-refractivity contribution is -0.391. The Balaban J connectivity index is 4.01. The van der Waals surface area contributed by atoms with Gasteiger partial charge < -0.3 is 18.9 Å². The average Bonchev–Trinajstić information content (AvgIpc) is 2.42. The molecule has 4 nitrogen and oxygen atoms in total. The van der Waals surface area contributed by atoms with Crippen molar-refractivity contribution in [1.82, 2.24) is 0 Å². The van der Waals surface area contributed by atoms with Crippen LogP contribution in [0.5, 0.6) is 0 Å². The Kier molecular flexibility index (Phi) is 10.6. The molecule has 0 aliphatic heterocycles. The van der Waals surface area contributed by atoms with Crippen LogP contribution >= 0.6 is 0 Å². The highest BCUT2D eigenvalue weighted by Crippen LogP contribution is 2.24. The van der Waals surface area contributed by atoms with E-state index in [4.69, 9.17) is 18.9 Å². The monoisotopic (exact) mass is 262 g/mol. The molecule has 0 aliphatic carbocycles. The average molecular weight is 262 g/mol. The molecular formula is C14H30O4. The fourth-order valence-electron chi connectivity index (χ4n) is 2.19. The number of unbranched alkanes of at least 4 members (excludes halogenated alkanes) is 5. The van der Waals surface area contributed by atoms with E-state index in [0.29, 0.717) is 0 Å². The third-order valence-corrected chi connectivity index (χ3v) is 3.35. The van der Waals surface area contributed by atoms with Crippen molar-refractivity contribution in [1.29, 1.82) is 0 Å². The van der Waals surface area contributed by atoms with Gasteiger partial charge >= 0.3 is 5.97 Å². The third kappa shape index (κ3) is 5.65. The first-order chi connectivity index (χ1) is 8.70. The van der Waals surface area contributed by atoms with E-state index in [0.717, 1.165) is 12.8 Å². The molecule has 0 saturated carbocycles. The number of hydrogen-bond donors (Lipinski definition) is 0. The van der Waals surface area contributed by atoms with Crippen molar-refractivity contribution in [2.24, 2.45) is 0 Å². The maximum Gasteiger partial charge on any atom is 0.310 e. The molecule has 0 aliphatic rings. The van der Waals surface area contributed by atoms with Crippen molar-refractivity contribution >= 4 is 0 Å². The molecular weight excluding hydrogens is 232 g/mol. The van der Waals surface area contributed by atoms with E-state index in [1.807, 2.05) is 0 Å². The Morgan fingerprint density at radius 3 is 1.72 bits per heavy atom. The lowest BCUT2D eigenvalue weighted by Gasteiger charge is -2.35. The second-order valence-electron chi connectivity index (χ2n) is 4.50. The summed E-state index contributed by atoms with van der Waals surface area (Å²) in [6, 6.07) is 0. The van der Waals surface area contributed by atoms with Crippen LogP contribution in [0, 0.1) is 0 Å². The van der Waals surface area contributed by atoms with Crippen LogP contribution in [0.4, 0.5) is 0 Å². The van der Waals surface area contributed by atoms with Gasteiger partial charge in [0.05, 0.1) is 0 Å². The predicted octanol–water partition coefficient (Wildman–Crippen LogP) is 3.35. The highest BCUT2D eigenvalue weighted by atomic mass is 16.9. The zero-order chi connectivity index (χ0) is 13.9. The fourth-order valence-corrected chi connectivity index (χ4v) is 2.19. The first-order valence-electron chi connectivity index (χ1n) is 6.89. The van der Waals surface area contributed by atoms with E-state index < -0.39 is 5.97 Å². The van der Waals surface area contributed by atoms with Crippen LogP contribution in [0.3, 0.4) is 0 Å². The molecule has 0 bridgehead atoms. The zero-order valence-corrected chi connectivity index (χ0v) is 12.7. The molecule has 0 amide bonds. The van der Waals surface area contributed by atoms with Crippen molar-refractivity contribution in [3.8, 4) is 0 Å². The Morgan fingerprint density at radius 1 is 0.778 bits per heavy atom. The van der Waals surface area contributed by atoms with Gasteiger partial charge in [-0.15, -0.1) is 0 Å². The zero-order valence-electron chi connectivity index (χ0n) is 12.7. The Bertz CT molecular complexity index is 172. The quantitative estimate of drug-likeness (QED) is 0.399. The first-order valence-corrected chi connectivity index (χ1v) is 6.89. The van der Waals surface area contributed by atoms with Crippen LogP contribution in [0.2, 0.25) is 0 Å². The van der Waals surface area contributed by atoms with Crippen molar-refractivity contribution in [2.75, 3.05) is 28.4 Å². The van der Waals surface area contributed by atoms with Crippen LogP contribution in [0.25, 0.3) is 0 Å². The molecule has 1 atom stereocenters. The summed E-state index contributed by atoms with van der Waals surface area (Å²) in [4.78, 5) is 0. The smallest absolute Gasteiger partial charge is 0.310 e. The minimum absolute atomic E-state index is 0.205. The van der Waals surface area contributed by atoms with E-state index in [2.05, 4.69) is 6.92 Å². The fraction of sp³-hybridized carbons (Fsp3) is 1.00. The van der Waals surface area contributed by atoms with Crippen LogP contribution in [-0.4, -0.2) is 40.5 Å². The minimum Gasteiger partial charge on any atom is -0.373 e. The van der Waals surface area contributed by atoms with E-state index in [9.17, 15) is 0 Å². The van der Waals surface area contributed by atoms with Crippen LogP contribution in [0.15, 0.2) is 0 Å². The number of methoxy groups -OCH3 is 4.